The Labute approximate surface area is 263 Å². The van der Waals surface area contributed by atoms with E-state index >= 15 is 0 Å². The molecular weight excluding hydrogens is 563 g/mol. The van der Waals surface area contributed by atoms with Crippen LogP contribution in [0.2, 0.25) is 0 Å². The lowest BCUT2D eigenvalue weighted by molar-refractivity contribution is -0.247. The van der Waals surface area contributed by atoms with Crippen LogP contribution in [0.25, 0.3) is 0 Å². The molecule has 0 radical (unpaired) electrons. The first-order valence-corrected chi connectivity index (χ1v) is 17.3. The number of carbonyl (C=O) groups excluding carboxylic acids is 1. The Balaban J connectivity index is 0.00000168. The van der Waals surface area contributed by atoms with E-state index < -0.39 is 11.7 Å². The lowest BCUT2D eigenvalue weighted by Gasteiger charge is -2.59. The van der Waals surface area contributed by atoms with Crippen LogP contribution in [-0.2, 0) is 23.7 Å². The molecule has 0 aromatic heterocycles. The maximum Gasteiger partial charge on any atom is 0.303 e. The Morgan fingerprint density at radius 3 is 2.45 bits per heavy atom. The Kier molecular flexibility index (Phi) is 8.32. The van der Waals surface area contributed by atoms with Gasteiger partial charge in [-0.05, 0) is 123 Å². The van der Waals surface area contributed by atoms with E-state index in [1.807, 2.05) is 0 Å². The number of halogens is 1. The van der Waals surface area contributed by atoms with Gasteiger partial charge in [-0.2, -0.15) is 0 Å². The summed E-state index contributed by atoms with van der Waals surface area (Å²) in [4.78, 5) is 11.9. The summed E-state index contributed by atoms with van der Waals surface area (Å²) >= 11 is 0. The van der Waals surface area contributed by atoms with Crippen molar-refractivity contribution in [3.63, 3.8) is 0 Å². The lowest BCUT2D eigenvalue weighted by atomic mass is 9.46. The van der Waals surface area contributed by atoms with Gasteiger partial charge < -0.3 is 29.2 Å². The normalized spacial score (nSPS) is 46.0. The zero-order valence-electron chi connectivity index (χ0n) is 28.1. The Bertz CT molecular complexity index is 1150. The number of rotatable bonds is 5. The number of aliphatic hydroxyl groups is 2. The van der Waals surface area contributed by atoms with Gasteiger partial charge in [0, 0.05) is 19.8 Å². The van der Waals surface area contributed by atoms with E-state index in [1.54, 1.807) is 13.8 Å². The van der Waals surface area contributed by atoms with Crippen molar-refractivity contribution in [3.05, 3.63) is 11.3 Å². The van der Waals surface area contributed by atoms with Gasteiger partial charge in [-0.3, -0.25) is 9.18 Å². The minimum atomic E-state index is -1.16. The highest BCUT2D eigenvalue weighted by Gasteiger charge is 2.80. The number of esters is 1. The quantitative estimate of drug-likeness (QED) is 0.263. The van der Waals surface area contributed by atoms with E-state index in [4.69, 9.17) is 18.9 Å². The molecule has 1 saturated heterocycles. The molecule has 2 aliphatic heterocycles. The average Bonchev–Trinajstić information content (AvgIpc) is 3.53. The van der Waals surface area contributed by atoms with Crippen LogP contribution in [0.5, 0.6) is 0 Å². The third-order valence-electron chi connectivity index (χ3n) is 13.9. The summed E-state index contributed by atoms with van der Waals surface area (Å²) in [5, 5.41) is 21.0. The number of ether oxygens (including phenoxy) is 4. The zero-order chi connectivity index (χ0) is 31.9. The Hall–Kier alpha value is -1.22. The van der Waals surface area contributed by atoms with E-state index in [2.05, 4.69) is 20.8 Å². The van der Waals surface area contributed by atoms with E-state index in [1.165, 1.54) is 51.0 Å². The van der Waals surface area contributed by atoms with Crippen molar-refractivity contribution in [1.29, 1.82) is 0 Å². The monoisotopic (exact) mass is 620 g/mol. The molecule has 8 heteroatoms. The minimum absolute atomic E-state index is 0.0888. The van der Waals surface area contributed by atoms with Crippen LogP contribution in [0.3, 0.4) is 0 Å². The number of carbonyl (C=O) groups is 1. The third-order valence-corrected chi connectivity index (χ3v) is 13.9. The number of alkyl halides is 1. The average molecular weight is 621 g/mol. The number of fused-ring (bicyclic) bond motifs is 3. The van der Waals surface area contributed by atoms with Crippen molar-refractivity contribution in [2.75, 3.05) is 13.8 Å². The molecule has 0 amide bonds. The van der Waals surface area contributed by atoms with Crippen molar-refractivity contribution in [1.82, 2.24) is 0 Å². The zero-order valence-corrected chi connectivity index (χ0v) is 28.1. The molecular formula is C36H57FO7. The highest BCUT2D eigenvalue weighted by Crippen LogP contribution is 2.87. The molecule has 250 valence electrons. The largest absolute Gasteiger partial charge is 0.491 e. The van der Waals surface area contributed by atoms with Gasteiger partial charge in [-0.1, -0.05) is 20.8 Å². The summed E-state index contributed by atoms with van der Waals surface area (Å²) in [6, 6.07) is 0. The molecule has 7 nitrogen and oxygen atoms in total. The molecule has 7 rings (SSSR count). The van der Waals surface area contributed by atoms with Crippen molar-refractivity contribution in [3.8, 4) is 0 Å². The molecule has 44 heavy (non-hydrogen) atoms. The summed E-state index contributed by atoms with van der Waals surface area (Å²) in [5.41, 5.74) is 1.51. The predicted molar refractivity (Wildman–Crippen MR) is 164 cm³/mol. The second kappa shape index (κ2) is 11.2. The fraction of sp³-hybridized carbons (Fsp3) is 0.917. The SMILES string of the molecule is CC(=O)O[C@@H](C1CCC2=C(CC3C4CCC5C(C)(C)C(OC6CC(O)CCO6)CC[C@@]56CC46CC[C@]23C)O1)C(C)(C)O.CF. The first-order valence-electron chi connectivity index (χ1n) is 17.3. The van der Waals surface area contributed by atoms with Crippen LogP contribution in [0, 0.1) is 39.4 Å². The van der Waals surface area contributed by atoms with Crippen LogP contribution < -0.4 is 0 Å². The van der Waals surface area contributed by atoms with Gasteiger partial charge in [0.25, 0.3) is 0 Å². The van der Waals surface area contributed by atoms with Gasteiger partial charge in [0.2, 0.25) is 0 Å². The molecule has 0 aromatic carbocycles. The van der Waals surface area contributed by atoms with Crippen LogP contribution in [0.1, 0.15) is 119 Å². The highest BCUT2D eigenvalue weighted by molar-refractivity contribution is 5.66. The van der Waals surface area contributed by atoms with Gasteiger partial charge in [0.05, 0.1) is 37.4 Å². The van der Waals surface area contributed by atoms with Crippen molar-refractivity contribution < 1.29 is 38.3 Å². The van der Waals surface area contributed by atoms with Crippen LogP contribution in [-0.4, -0.2) is 66.3 Å². The molecule has 5 fully saturated rings. The van der Waals surface area contributed by atoms with Gasteiger partial charge >= 0.3 is 5.97 Å². The summed E-state index contributed by atoms with van der Waals surface area (Å²) in [6.45, 7) is 12.8. The first kappa shape index (κ1) is 32.7. The molecule has 5 aliphatic carbocycles. The predicted octanol–water partition coefficient (Wildman–Crippen LogP) is 6.63. The van der Waals surface area contributed by atoms with E-state index in [-0.39, 0.29) is 41.4 Å². The minimum Gasteiger partial charge on any atom is -0.491 e. The van der Waals surface area contributed by atoms with E-state index in [9.17, 15) is 19.4 Å². The number of hydrogen-bond acceptors (Lipinski definition) is 7. The number of allylic oxidation sites excluding steroid dienone is 2. The van der Waals surface area contributed by atoms with Gasteiger partial charge in [0.1, 0.15) is 6.10 Å². The van der Waals surface area contributed by atoms with Crippen molar-refractivity contribution >= 4 is 5.97 Å². The standard InChI is InChI=1S/C35H54O7.CH3F/c1-20(36)40-30(32(4,5)38)25-9-7-23-26(41-25)18-24-22-8-10-27-31(2,3)28(42-29-17-21(37)12-16-39-29)11-13-35(27)19-34(22,35)15-14-33(23,24)6;1-2/h21-22,24-25,27-30,37-38H,7-19H2,1-6H3;1H3/t21?,22?,24?,25?,27?,28?,29?,30-,33+,34?,35+;/m0./s1. The Morgan fingerprint density at radius 2 is 1.77 bits per heavy atom. The molecule has 8 unspecified atom stereocenters. The van der Waals surface area contributed by atoms with E-state index in [0.717, 1.165) is 37.4 Å². The maximum absolute atomic E-state index is 11.9. The molecule has 2 N–H and O–H groups in total. The summed E-state index contributed by atoms with van der Waals surface area (Å²) < 4.78 is 34.4. The summed E-state index contributed by atoms with van der Waals surface area (Å²) in [6.07, 6.45) is 11.5. The highest BCUT2D eigenvalue weighted by atomic mass is 19.1. The molecule has 4 saturated carbocycles. The second-order valence-electron chi connectivity index (χ2n) is 16.7. The molecule has 11 atom stereocenters. The maximum atomic E-state index is 11.9. The fourth-order valence-electron chi connectivity index (χ4n) is 12.0. The summed E-state index contributed by atoms with van der Waals surface area (Å²) in [5.74, 6) is 2.77. The van der Waals surface area contributed by atoms with Crippen LogP contribution in [0.15, 0.2) is 11.3 Å². The van der Waals surface area contributed by atoms with Crippen LogP contribution in [0.4, 0.5) is 4.39 Å². The van der Waals surface area contributed by atoms with Crippen LogP contribution >= 0.6 is 0 Å². The molecule has 2 heterocycles. The summed E-state index contributed by atoms with van der Waals surface area (Å²) in [7, 11) is 0.500. The van der Waals surface area contributed by atoms with Gasteiger partial charge in [0.15, 0.2) is 12.4 Å². The Morgan fingerprint density at radius 1 is 1.02 bits per heavy atom. The lowest BCUT2D eigenvalue weighted by Crippen LogP contribution is -2.55. The second-order valence-corrected chi connectivity index (χ2v) is 16.7. The van der Waals surface area contributed by atoms with Gasteiger partial charge in [-0.25, -0.2) is 0 Å². The molecule has 2 spiro atoms. The first-order chi connectivity index (χ1) is 20.7. The third kappa shape index (κ3) is 4.90. The molecule has 0 aromatic rings. The smallest absolute Gasteiger partial charge is 0.303 e. The van der Waals surface area contributed by atoms with Crippen molar-refractivity contribution in [2.24, 2.45) is 39.4 Å². The van der Waals surface area contributed by atoms with Crippen molar-refractivity contribution in [2.45, 2.75) is 155 Å². The fourth-order valence-corrected chi connectivity index (χ4v) is 12.0. The molecule has 7 aliphatic rings. The topological polar surface area (TPSA) is 94.5 Å². The number of aliphatic hydroxyl groups excluding tert-OH is 1. The van der Waals surface area contributed by atoms with E-state index in [0.29, 0.717) is 49.3 Å². The number of hydrogen-bond donors (Lipinski definition) is 2. The van der Waals surface area contributed by atoms with Gasteiger partial charge in [-0.15, -0.1) is 0 Å². The molecule has 0 bridgehead atoms.